The Kier molecular flexibility index (Phi) is 2.92. The van der Waals surface area contributed by atoms with Crippen molar-refractivity contribution in [3.63, 3.8) is 0 Å². The minimum Gasteiger partial charge on any atom is -0.276 e. The smallest absolute Gasteiger partial charge is 0.0640 e. The topological polar surface area (TPSA) is 55.9 Å². The molecule has 1 aromatic rings. The molecule has 4 unspecified atom stereocenters. The zero-order chi connectivity index (χ0) is 11.8. The van der Waals surface area contributed by atoms with Crippen molar-refractivity contribution in [2.24, 2.45) is 30.6 Å². The molecule has 2 saturated carbocycles. The molecule has 0 amide bonds. The minimum atomic E-state index is 0.403. The summed E-state index contributed by atoms with van der Waals surface area (Å²) in [5.74, 6) is 8.40. The van der Waals surface area contributed by atoms with Gasteiger partial charge in [0.05, 0.1) is 5.69 Å². The van der Waals surface area contributed by atoms with Crippen LogP contribution in [-0.2, 0) is 13.5 Å². The van der Waals surface area contributed by atoms with Crippen LogP contribution in [0.15, 0.2) is 12.3 Å². The van der Waals surface area contributed by atoms with Crippen molar-refractivity contribution in [1.29, 1.82) is 0 Å². The maximum atomic E-state index is 5.75. The molecule has 4 atom stereocenters. The summed E-state index contributed by atoms with van der Waals surface area (Å²) in [6, 6.07) is 2.50. The molecule has 94 valence electrons. The van der Waals surface area contributed by atoms with Crippen LogP contribution < -0.4 is 11.3 Å². The van der Waals surface area contributed by atoms with E-state index >= 15 is 0 Å². The van der Waals surface area contributed by atoms with Crippen molar-refractivity contribution in [2.45, 2.75) is 38.1 Å². The first-order chi connectivity index (χ1) is 8.26. The molecular formula is C13H22N4. The Bertz CT molecular complexity index is 387. The first-order valence-electron chi connectivity index (χ1n) is 6.71. The van der Waals surface area contributed by atoms with Gasteiger partial charge in [0, 0.05) is 25.7 Å². The van der Waals surface area contributed by atoms with Crippen LogP contribution in [0.2, 0.25) is 0 Å². The highest BCUT2D eigenvalue weighted by atomic mass is 15.3. The number of hydrazine groups is 1. The first kappa shape index (κ1) is 11.2. The number of aryl methyl sites for hydroxylation is 1. The molecule has 3 rings (SSSR count). The molecule has 0 radical (unpaired) electrons. The standard InChI is InChI=1S/C13H22N4/c1-17-5-4-11(16-17)8-13(15-14)12-7-9-2-3-10(12)6-9/h4-5,9-10,12-13,15H,2-3,6-8,14H2,1H3. The van der Waals surface area contributed by atoms with Gasteiger partial charge in [-0.2, -0.15) is 5.10 Å². The fourth-order valence-electron chi connectivity index (χ4n) is 3.92. The molecule has 0 spiro atoms. The van der Waals surface area contributed by atoms with Crippen LogP contribution in [0.25, 0.3) is 0 Å². The van der Waals surface area contributed by atoms with Crippen molar-refractivity contribution in [1.82, 2.24) is 15.2 Å². The van der Waals surface area contributed by atoms with Gasteiger partial charge in [-0.15, -0.1) is 0 Å². The molecule has 2 bridgehead atoms. The third kappa shape index (κ3) is 2.11. The zero-order valence-electron chi connectivity index (χ0n) is 10.5. The molecule has 1 heterocycles. The van der Waals surface area contributed by atoms with E-state index in [4.69, 9.17) is 5.84 Å². The average molecular weight is 234 g/mol. The molecule has 2 aliphatic carbocycles. The number of nitrogens with two attached hydrogens (primary N) is 1. The van der Waals surface area contributed by atoms with Gasteiger partial charge in [-0.1, -0.05) is 6.42 Å². The van der Waals surface area contributed by atoms with E-state index in [1.807, 2.05) is 17.9 Å². The maximum Gasteiger partial charge on any atom is 0.0640 e. The van der Waals surface area contributed by atoms with E-state index in [1.54, 1.807) is 0 Å². The second-order valence-corrected chi connectivity index (χ2v) is 5.80. The molecule has 0 aromatic carbocycles. The van der Waals surface area contributed by atoms with Gasteiger partial charge in [0.1, 0.15) is 0 Å². The largest absolute Gasteiger partial charge is 0.276 e. The van der Waals surface area contributed by atoms with Crippen LogP contribution in [0.5, 0.6) is 0 Å². The lowest BCUT2D eigenvalue weighted by molar-refractivity contribution is 0.247. The van der Waals surface area contributed by atoms with Crippen LogP contribution in [0.4, 0.5) is 0 Å². The summed E-state index contributed by atoms with van der Waals surface area (Å²) in [6.45, 7) is 0. The van der Waals surface area contributed by atoms with Crippen molar-refractivity contribution in [3.05, 3.63) is 18.0 Å². The highest BCUT2D eigenvalue weighted by molar-refractivity contribution is 5.04. The van der Waals surface area contributed by atoms with E-state index in [1.165, 1.54) is 25.7 Å². The van der Waals surface area contributed by atoms with Gasteiger partial charge >= 0.3 is 0 Å². The number of nitrogens with zero attached hydrogens (tertiary/aromatic N) is 2. The summed E-state index contributed by atoms with van der Waals surface area (Å²) >= 11 is 0. The summed E-state index contributed by atoms with van der Waals surface area (Å²) in [5, 5.41) is 4.45. The molecule has 1 aromatic heterocycles. The predicted octanol–water partition coefficient (Wildman–Crippen LogP) is 1.23. The third-order valence-electron chi connectivity index (χ3n) is 4.72. The molecule has 2 fully saturated rings. The minimum absolute atomic E-state index is 0.403. The van der Waals surface area contributed by atoms with Crippen LogP contribution in [-0.4, -0.2) is 15.8 Å². The summed E-state index contributed by atoms with van der Waals surface area (Å²) < 4.78 is 1.86. The average Bonchev–Trinajstić information content (AvgIpc) is 3.01. The normalized spacial score (nSPS) is 33.2. The predicted molar refractivity (Wildman–Crippen MR) is 67.0 cm³/mol. The van der Waals surface area contributed by atoms with E-state index in [0.717, 1.165) is 29.9 Å². The monoisotopic (exact) mass is 234 g/mol. The van der Waals surface area contributed by atoms with Gasteiger partial charge in [-0.3, -0.25) is 16.0 Å². The van der Waals surface area contributed by atoms with Gasteiger partial charge in [0.15, 0.2) is 0 Å². The van der Waals surface area contributed by atoms with E-state index in [2.05, 4.69) is 16.6 Å². The Morgan fingerprint density at radius 3 is 2.94 bits per heavy atom. The van der Waals surface area contributed by atoms with Gasteiger partial charge < -0.3 is 0 Å². The second kappa shape index (κ2) is 4.42. The first-order valence-corrected chi connectivity index (χ1v) is 6.71. The number of hydrogen-bond acceptors (Lipinski definition) is 3. The van der Waals surface area contributed by atoms with E-state index in [-0.39, 0.29) is 0 Å². The third-order valence-corrected chi connectivity index (χ3v) is 4.72. The fraction of sp³-hybridized carbons (Fsp3) is 0.769. The molecule has 0 aliphatic heterocycles. The Morgan fingerprint density at radius 1 is 1.53 bits per heavy atom. The highest BCUT2D eigenvalue weighted by Gasteiger charge is 2.42. The summed E-state index contributed by atoms with van der Waals surface area (Å²) in [6.07, 6.45) is 8.63. The number of nitrogens with one attached hydrogen (secondary N) is 1. The van der Waals surface area contributed by atoms with Crippen molar-refractivity contribution >= 4 is 0 Å². The van der Waals surface area contributed by atoms with Crippen LogP contribution in [0.3, 0.4) is 0 Å². The van der Waals surface area contributed by atoms with Crippen molar-refractivity contribution < 1.29 is 0 Å². The Balaban J connectivity index is 1.67. The molecule has 4 nitrogen and oxygen atoms in total. The fourth-order valence-corrected chi connectivity index (χ4v) is 3.92. The molecule has 2 aliphatic rings. The maximum absolute atomic E-state index is 5.75. The second-order valence-electron chi connectivity index (χ2n) is 5.80. The number of fused-ring (bicyclic) bond motifs is 2. The van der Waals surface area contributed by atoms with Gasteiger partial charge in [-0.05, 0) is 43.1 Å². The lowest BCUT2D eigenvalue weighted by atomic mass is 9.82. The van der Waals surface area contributed by atoms with Crippen molar-refractivity contribution in [2.75, 3.05) is 0 Å². The van der Waals surface area contributed by atoms with E-state index in [0.29, 0.717) is 6.04 Å². The lowest BCUT2D eigenvalue weighted by Crippen LogP contribution is -2.44. The summed E-state index contributed by atoms with van der Waals surface area (Å²) in [5.41, 5.74) is 4.19. The Hall–Kier alpha value is -0.870. The van der Waals surface area contributed by atoms with Gasteiger partial charge in [-0.25, -0.2) is 0 Å². The highest BCUT2D eigenvalue weighted by Crippen LogP contribution is 2.49. The number of rotatable bonds is 4. The van der Waals surface area contributed by atoms with Crippen molar-refractivity contribution in [3.8, 4) is 0 Å². The number of hydrogen-bond donors (Lipinski definition) is 2. The molecule has 0 saturated heterocycles. The quantitative estimate of drug-likeness (QED) is 0.608. The van der Waals surface area contributed by atoms with Crippen LogP contribution in [0, 0.1) is 17.8 Å². The summed E-state index contributed by atoms with van der Waals surface area (Å²) in [4.78, 5) is 0. The molecule has 3 N–H and O–H groups in total. The molecular weight excluding hydrogens is 212 g/mol. The summed E-state index contributed by atoms with van der Waals surface area (Å²) in [7, 11) is 1.96. The lowest BCUT2D eigenvalue weighted by Gasteiger charge is -2.29. The van der Waals surface area contributed by atoms with Crippen LogP contribution in [0.1, 0.15) is 31.4 Å². The van der Waals surface area contributed by atoms with Gasteiger partial charge in [0.25, 0.3) is 0 Å². The van der Waals surface area contributed by atoms with Crippen LogP contribution >= 0.6 is 0 Å². The van der Waals surface area contributed by atoms with E-state index in [9.17, 15) is 0 Å². The molecule has 17 heavy (non-hydrogen) atoms. The number of aromatic nitrogens is 2. The molecule has 4 heteroatoms. The Labute approximate surface area is 103 Å². The Morgan fingerprint density at radius 2 is 2.41 bits per heavy atom. The van der Waals surface area contributed by atoms with Gasteiger partial charge in [0.2, 0.25) is 0 Å². The SMILES string of the molecule is Cn1ccc(CC(NN)C2CC3CCC2C3)n1. The van der Waals surface area contributed by atoms with E-state index < -0.39 is 0 Å². The zero-order valence-corrected chi connectivity index (χ0v) is 10.5.